The molecular weight excluding hydrogens is 336 g/mol. The Bertz CT molecular complexity index is 666. The summed E-state index contributed by atoms with van der Waals surface area (Å²) in [7, 11) is 1.34. The lowest BCUT2D eigenvalue weighted by Crippen LogP contribution is -2.32. The van der Waals surface area contributed by atoms with E-state index in [2.05, 4.69) is 15.0 Å². The molecule has 1 atom stereocenters. The molecule has 0 saturated carbocycles. The summed E-state index contributed by atoms with van der Waals surface area (Å²) in [4.78, 5) is 15.1. The molecule has 1 aromatic heterocycles. The van der Waals surface area contributed by atoms with Gasteiger partial charge in [-0.05, 0) is 11.6 Å². The topological polar surface area (TPSA) is 89.9 Å². The molecule has 0 amide bonds. The zero-order valence-electron chi connectivity index (χ0n) is 14.8. The Hall–Kier alpha value is -2.64. The van der Waals surface area contributed by atoms with Gasteiger partial charge in [-0.15, -0.1) is 0 Å². The van der Waals surface area contributed by atoms with Crippen molar-refractivity contribution in [2.24, 2.45) is 0 Å². The van der Waals surface area contributed by atoms with Crippen molar-refractivity contribution in [2.75, 3.05) is 26.8 Å². The van der Waals surface area contributed by atoms with Crippen molar-refractivity contribution in [1.82, 2.24) is 10.3 Å². The van der Waals surface area contributed by atoms with E-state index >= 15 is 0 Å². The van der Waals surface area contributed by atoms with E-state index < -0.39 is 6.10 Å². The van der Waals surface area contributed by atoms with Crippen LogP contribution in [0, 0.1) is 0 Å². The quantitative estimate of drug-likeness (QED) is 0.464. The lowest BCUT2D eigenvalue weighted by Gasteiger charge is -2.13. The number of benzene rings is 1. The number of esters is 1. The first-order chi connectivity index (χ1) is 12.7. The van der Waals surface area contributed by atoms with Gasteiger partial charge in [-0.2, -0.15) is 0 Å². The minimum atomic E-state index is -0.719. The second-order valence-corrected chi connectivity index (χ2v) is 5.60. The van der Waals surface area contributed by atoms with Crippen LogP contribution in [0.15, 0.2) is 48.7 Å². The van der Waals surface area contributed by atoms with E-state index in [0.717, 1.165) is 5.56 Å². The van der Waals surface area contributed by atoms with Gasteiger partial charge in [0.2, 0.25) is 5.88 Å². The maximum absolute atomic E-state index is 11.0. The predicted octanol–water partition coefficient (Wildman–Crippen LogP) is 1.55. The monoisotopic (exact) mass is 360 g/mol. The molecule has 2 N–H and O–H groups in total. The summed E-state index contributed by atoms with van der Waals surface area (Å²) in [6.45, 7) is 1.28. The van der Waals surface area contributed by atoms with Crippen molar-refractivity contribution in [3.8, 4) is 11.6 Å². The fourth-order valence-electron chi connectivity index (χ4n) is 2.10. The molecule has 0 aliphatic rings. The standard InChI is InChI=1S/C19H24N2O5/c1-24-19(23)8-9-20-12-16(22)14-26-18-11-17(7-10-21-18)25-13-15-5-3-2-4-6-15/h2-7,10-11,16,20,22H,8-9,12-14H2,1H3/t16-/m1/s1. The van der Waals surface area contributed by atoms with Crippen LogP contribution in [0.1, 0.15) is 12.0 Å². The molecule has 2 rings (SSSR count). The highest BCUT2D eigenvalue weighted by Crippen LogP contribution is 2.17. The van der Waals surface area contributed by atoms with E-state index in [0.29, 0.717) is 31.3 Å². The van der Waals surface area contributed by atoms with Crippen LogP contribution in [0.2, 0.25) is 0 Å². The van der Waals surface area contributed by atoms with Gasteiger partial charge in [0.05, 0.1) is 13.5 Å². The summed E-state index contributed by atoms with van der Waals surface area (Å²) in [5.41, 5.74) is 1.07. The second kappa shape index (κ2) is 11.1. The molecule has 140 valence electrons. The Labute approximate surface area is 152 Å². The molecule has 0 bridgehead atoms. The molecule has 7 nitrogen and oxygen atoms in total. The van der Waals surface area contributed by atoms with Crippen molar-refractivity contribution in [3.63, 3.8) is 0 Å². The highest BCUT2D eigenvalue weighted by Gasteiger charge is 2.07. The SMILES string of the molecule is COC(=O)CCNC[C@@H](O)COc1cc(OCc2ccccc2)ccn1. The van der Waals surface area contributed by atoms with Gasteiger partial charge in [0.25, 0.3) is 0 Å². The number of carbonyl (C=O) groups excluding carboxylic acids is 1. The third-order valence-electron chi connectivity index (χ3n) is 3.49. The molecule has 0 aliphatic heterocycles. The first-order valence-electron chi connectivity index (χ1n) is 8.38. The number of carbonyl (C=O) groups is 1. The lowest BCUT2D eigenvalue weighted by molar-refractivity contribution is -0.140. The van der Waals surface area contributed by atoms with Crippen LogP contribution in [-0.2, 0) is 16.1 Å². The Balaban J connectivity index is 1.69. The number of aliphatic hydroxyl groups is 1. The van der Waals surface area contributed by atoms with E-state index in [9.17, 15) is 9.90 Å². The van der Waals surface area contributed by atoms with E-state index in [4.69, 9.17) is 9.47 Å². The van der Waals surface area contributed by atoms with E-state index in [1.165, 1.54) is 7.11 Å². The van der Waals surface area contributed by atoms with Gasteiger partial charge in [0.1, 0.15) is 25.1 Å². The molecule has 2 aromatic rings. The molecule has 0 spiro atoms. The van der Waals surface area contributed by atoms with E-state index in [-0.39, 0.29) is 19.0 Å². The Morgan fingerprint density at radius 1 is 1.23 bits per heavy atom. The average Bonchev–Trinajstić information content (AvgIpc) is 2.69. The van der Waals surface area contributed by atoms with Gasteiger partial charge in [-0.1, -0.05) is 30.3 Å². The fourth-order valence-corrected chi connectivity index (χ4v) is 2.10. The summed E-state index contributed by atoms with van der Waals surface area (Å²) >= 11 is 0. The van der Waals surface area contributed by atoms with E-state index in [1.54, 1.807) is 18.3 Å². The van der Waals surface area contributed by atoms with Gasteiger partial charge >= 0.3 is 5.97 Å². The third-order valence-corrected chi connectivity index (χ3v) is 3.49. The number of hydrogen-bond acceptors (Lipinski definition) is 7. The number of nitrogens with one attached hydrogen (secondary N) is 1. The summed E-state index contributed by atoms with van der Waals surface area (Å²) < 4.78 is 15.7. The Morgan fingerprint density at radius 3 is 2.81 bits per heavy atom. The van der Waals surface area contributed by atoms with Gasteiger partial charge < -0.3 is 24.6 Å². The number of ether oxygens (including phenoxy) is 3. The molecule has 0 fully saturated rings. The average molecular weight is 360 g/mol. The van der Waals surface area contributed by atoms with Crippen molar-refractivity contribution in [2.45, 2.75) is 19.1 Å². The molecule has 0 radical (unpaired) electrons. The second-order valence-electron chi connectivity index (χ2n) is 5.60. The summed E-state index contributed by atoms with van der Waals surface area (Å²) in [6, 6.07) is 13.3. The third kappa shape index (κ3) is 7.50. The van der Waals surface area contributed by atoms with Crippen molar-refractivity contribution in [3.05, 3.63) is 54.2 Å². The summed E-state index contributed by atoms with van der Waals surface area (Å²) in [5, 5.41) is 12.9. The van der Waals surface area contributed by atoms with Crippen LogP contribution in [0.5, 0.6) is 11.6 Å². The fraction of sp³-hybridized carbons (Fsp3) is 0.368. The molecular formula is C19H24N2O5. The number of aliphatic hydroxyl groups excluding tert-OH is 1. The van der Waals surface area contributed by atoms with Crippen LogP contribution in [0.25, 0.3) is 0 Å². The number of hydrogen-bond donors (Lipinski definition) is 2. The highest BCUT2D eigenvalue weighted by atomic mass is 16.5. The Kier molecular flexibility index (Phi) is 8.38. The summed E-state index contributed by atoms with van der Waals surface area (Å²) in [5.74, 6) is 0.730. The van der Waals surface area contributed by atoms with Crippen LogP contribution in [-0.4, -0.2) is 49.0 Å². The molecule has 7 heteroatoms. The molecule has 0 aliphatic carbocycles. The first kappa shape index (κ1) is 19.7. The number of methoxy groups -OCH3 is 1. The van der Waals surface area contributed by atoms with Gasteiger partial charge in [0.15, 0.2) is 0 Å². The van der Waals surface area contributed by atoms with Gasteiger partial charge in [-0.25, -0.2) is 4.98 Å². The maximum Gasteiger partial charge on any atom is 0.306 e. The minimum absolute atomic E-state index is 0.0837. The molecule has 1 aromatic carbocycles. The molecule has 26 heavy (non-hydrogen) atoms. The van der Waals surface area contributed by atoms with Crippen LogP contribution in [0.3, 0.4) is 0 Å². The van der Waals surface area contributed by atoms with E-state index in [1.807, 2.05) is 30.3 Å². The number of pyridine rings is 1. The first-order valence-corrected chi connectivity index (χ1v) is 8.38. The zero-order chi connectivity index (χ0) is 18.6. The minimum Gasteiger partial charge on any atom is -0.489 e. The number of aromatic nitrogens is 1. The van der Waals surface area contributed by atoms with Crippen LogP contribution >= 0.6 is 0 Å². The van der Waals surface area contributed by atoms with Crippen molar-refractivity contribution < 1.29 is 24.1 Å². The zero-order valence-corrected chi connectivity index (χ0v) is 14.8. The summed E-state index contributed by atoms with van der Waals surface area (Å²) in [6.07, 6.45) is 1.13. The Morgan fingerprint density at radius 2 is 2.04 bits per heavy atom. The van der Waals surface area contributed by atoms with Gasteiger partial charge in [-0.3, -0.25) is 4.79 Å². The van der Waals surface area contributed by atoms with Crippen LogP contribution < -0.4 is 14.8 Å². The van der Waals surface area contributed by atoms with Crippen molar-refractivity contribution in [1.29, 1.82) is 0 Å². The number of nitrogens with zero attached hydrogens (tertiary/aromatic N) is 1. The maximum atomic E-state index is 11.0. The predicted molar refractivity (Wildman–Crippen MR) is 96.0 cm³/mol. The molecule has 1 heterocycles. The van der Waals surface area contributed by atoms with Crippen LogP contribution in [0.4, 0.5) is 0 Å². The highest BCUT2D eigenvalue weighted by molar-refractivity contribution is 5.69. The lowest BCUT2D eigenvalue weighted by atomic mass is 10.2. The number of rotatable bonds is 11. The largest absolute Gasteiger partial charge is 0.489 e. The molecule has 0 saturated heterocycles. The normalized spacial score (nSPS) is 11.6. The van der Waals surface area contributed by atoms with Crippen molar-refractivity contribution >= 4 is 5.97 Å². The van der Waals surface area contributed by atoms with Gasteiger partial charge in [0, 0.05) is 25.4 Å². The molecule has 0 unspecified atom stereocenters. The smallest absolute Gasteiger partial charge is 0.306 e.